The van der Waals surface area contributed by atoms with E-state index in [1.54, 1.807) is 6.26 Å². The molecule has 0 saturated carbocycles. The number of nitrogens with one attached hydrogen (secondary N) is 1. The zero-order chi connectivity index (χ0) is 13.1. The second-order valence-electron chi connectivity index (χ2n) is 3.20. The van der Waals surface area contributed by atoms with Crippen molar-refractivity contribution in [2.45, 2.75) is 4.90 Å². The Morgan fingerprint density at radius 2 is 1.88 bits per heavy atom. The monoisotopic (exact) mass is 282 g/mol. The molecule has 3 N–H and O–H groups in total. The van der Waals surface area contributed by atoms with Crippen molar-refractivity contribution in [3.63, 3.8) is 0 Å². The zero-order valence-corrected chi connectivity index (χ0v) is 10.7. The predicted octanol–water partition coefficient (Wildman–Crippen LogP) is 1.19. The highest BCUT2D eigenvalue weighted by atomic mass is 32.2. The number of nitrogens with two attached hydrogens (primary N) is 1. The van der Waals surface area contributed by atoms with E-state index < -0.39 is 26.6 Å². The second kappa shape index (κ2) is 5.65. The molecule has 0 amide bonds. The summed E-state index contributed by atoms with van der Waals surface area (Å²) >= 11 is 1.41. The van der Waals surface area contributed by atoms with E-state index in [0.717, 1.165) is 12.1 Å². The van der Waals surface area contributed by atoms with E-state index in [4.69, 9.17) is 5.73 Å². The standard InChI is InChI=1S/C9H12F2N2O2S2/c1-16-3-2-13-17(14,15)9-7(10)4-6(12)5-8(9)11/h4-5,13H,2-3,12H2,1H3. The Bertz CT molecular complexity index is 483. The van der Waals surface area contributed by atoms with Gasteiger partial charge in [0.15, 0.2) is 4.90 Å². The van der Waals surface area contributed by atoms with E-state index in [-0.39, 0.29) is 12.2 Å². The minimum absolute atomic E-state index is 0.104. The molecule has 0 saturated heterocycles. The highest BCUT2D eigenvalue weighted by Crippen LogP contribution is 2.21. The van der Waals surface area contributed by atoms with Crippen LogP contribution in [-0.4, -0.2) is 27.0 Å². The van der Waals surface area contributed by atoms with Gasteiger partial charge < -0.3 is 5.73 Å². The lowest BCUT2D eigenvalue weighted by Crippen LogP contribution is -2.27. The van der Waals surface area contributed by atoms with Crippen LogP contribution in [0.1, 0.15) is 0 Å². The fraction of sp³-hybridized carbons (Fsp3) is 0.333. The molecular formula is C9H12F2N2O2S2. The lowest BCUT2D eigenvalue weighted by Gasteiger charge is -2.08. The highest BCUT2D eigenvalue weighted by molar-refractivity contribution is 7.98. The number of benzene rings is 1. The number of halogens is 2. The van der Waals surface area contributed by atoms with Crippen LogP contribution < -0.4 is 10.5 Å². The summed E-state index contributed by atoms with van der Waals surface area (Å²) in [5.41, 5.74) is 5.03. The van der Waals surface area contributed by atoms with Gasteiger partial charge in [0.2, 0.25) is 10.0 Å². The first-order valence-electron chi connectivity index (χ1n) is 4.61. The minimum Gasteiger partial charge on any atom is -0.399 e. The Kier molecular flexibility index (Phi) is 4.72. The molecule has 1 aromatic rings. The number of sulfonamides is 1. The molecule has 0 unspecified atom stereocenters. The maximum absolute atomic E-state index is 13.4. The van der Waals surface area contributed by atoms with E-state index in [1.165, 1.54) is 11.8 Å². The molecule has 0 radical (unpaired) electrons. The molecule has 4 nitrogen and oxygen atoms in total. The molecule has 0 heterocycles. The lowest BCUT2D eigenvalue weighted by atomic mass is 10.3. The molecule has 96 valence electrons. The van der Waals surface area contributed by atoms with Crippen molar-refractivity contribution >= 4 is 27.5 Å². The Balaban J connectivity index is 3.07. The summed E-state index contributed by atoms with van der Waals surface area (Å²) in [6, 6.07) is 1.54. The van der Waals surface area contributed by atoms with Gasteiger partial charge in [-0.25, -0.2) is 21.9 Å². The molecule has 1 aromatic carbocycles. The van der Waals surface area contributed by atoms with Gasteiger partial charge in [-0.15, -0.1) is 0 Å². The summed E-state index contributed by atoms with van der Waals surface area (Å²) in [6.45, 7) is 0.104. The van der Waals surface area contributed by atoms with Crippen molar-refractivity contribution < 1.29 is 17.2 Å². The number of anilines is 1. The highest BCUT2D eigenvalue weighted by Gasteiger charge is 2.23. The molecule has 17 heavy (non-hydrogen) atoms. The Hall–Kier alpha value is -0.860. The van der Waals surface area contributed by atoms with Crippen LogP contribution in [0.5, 0.6) is 0 Å². The van der Waals surface area contributed by atoms with Gasteiger partial charge >= 0.3 is 0 Å². The number of thioether (sulfide) groups is 1. The maximum Gasteiger partial charge on any atom is 0.246 e. The van der Waals surface area contributed by atoms with Gasteiger partial charge in [-0.1, -0.05) is 0 Å². The topological polar surface area (TPSA) is 72.2 Å². The summed E-state index contributed by atoms with van der Waals surface area (Å²) in [5, 5.41) is 0. The SMILES string of the molecule is CSCCNS(=O)(=O)c1c(F)cc(N)cc1F. The molecular weight excluding hydrogens is 270 g/mol. The third kappa shape index (κ3) is 3.55. The van der Waals surface area contributed by atoms with Crippen LogP contribution in [0.4, 0.5) is 14.5 Å². The summed E-state index contributed by atoms with van der Waals surface area (Å²) in [7, 11) is -4.18. The van der Waals surface area contributed by atoms with E-state index in [2.05, 4.69) is 4.72 Å². The molecule has 0 aromatic heterocycles. The van der Waals surface area contributed by atoms with Crippen molar-refractivity contribution in [3.8, 4) is 0 Å². The lowest BCUT2D eigenvalue weighted by molar-refractivity contribution is 0.516. The summed E-state index contributed by atoms with van der Waals surface area (Å²) in [4.78, 5) is -0.993. The first kappa shape index (κ1) is 14.2. The molecule has 0 spiro atoms. The van der Waals surface area contributed by atoms with Gasteiger partial charge in [-0.3, -0.25) is 0 Å². The van der Waals surface area contributed by atoms with E-state index in [1.807, 2.05) is 0 Å². The van der Waals surface area contributed by atoms with Crippen LogP contribution >= 0.6 is 11.8 Å². The van der Waals surface area contributed by atoms with Gasteiger partial charge in [0.25, 0.3) is 0 Å². The van der Waals surface area contributed by atoms with Gasteiger partial charge in [0, 0.05) is 18.0 Å². The summed E-state index contributed by atoms with van der Waals surface area (Å²) in [6.07, 6.45) is 1.79. The average Bonchev–Trinajstić information content (AvgIpc) is 2.15. The zero-order valence-electron chi connectivity index (χ0n) is 9.04. The van der Waals surface area contributed by atoms with Crippen LogP contribution in [0.25, 0.3) is 0 Å². The van der Waals surface area contributed by atoms with E-state index >= 15 is 0 Å². The van der Waals surface area contributed by atoms with Gasteiger partial charge in [0.1, 0.15) is 11.6 Å². The molecule has 0 aliphatic rings. The molecule has 0 atom stereocenters. The summed E-state index contributed by atoms with van der Waals surface area (Å²) < 4.78 is 52.1. The molecule has 8 heteroatoms. The van der Waals surface area contributed by atoms with Crippen molar-refractivity contribution in [1.29, 1.82) is 0 Å². The third-order valence-corrected chi connectivity index (χ3v) is 4.01. The third-order valence-electron chi connectivity index (χ3n) is 1.89. The van der Waals surface area contributed by atoms with Gasteiger partial charge in [0.05, 0.1) is 0 Å². The van der Waals surface area contributed by atoms with Crippen molar-refractivity contribution in [3.05, 3.63) is 23.8 Å². The van der Waals surface area contributed by atoms with Crippen LogP contribution in [0.2, 0.25) is 0 Å². The average molecular weight is 282 g/mol. The number of hydrogen-bond donors (Lipinski definition) is 2. The first-order chi connectivity index (χ1) is 7.88. The smallest absolute Gasteiger partial charge is 0.246 e. The molecule has 0 fully saturated rings. The van der Waals surface area contributed by atoms with Crippen LogP contribution in [0, 0.1) is 11.6 Å². The fourth-order valence-electron chi connectivity index (χ4n) is 1.19. The summed E-state index contributed by atoms with van der Waals surface area (Å²) in [5.74, 6) is -1.88. The molecule has 1 rings (SSSR count). The minimum atomic E-state index is -4.18. The number of rotatable bonds is 5. The van der Waals surface area contributed by atoms with Crippen molar-refractivity contribution in [2.75, 3.05) is 24.3 Å². The Labute approximate surface area is 103 Å². The Morgan fingerprint density at radius 3 is 2.35 bits per heavy atom. The normalized spacial score (nSPS) is 11.7. The van der Waals surface area contributed by atoms with Gasteiger partial charge in [-0.2, -0.15) is 11.8 Å². The van der Waals surface area contributed by atoms with Crippen LogP contribution in [-0.2, 0) is 10.0 Å². The molecule has 0 aliphatic carbocycles. The first-order valence-corrected chi connectivity index (χ1v) is 7.49. The maximum atomic E-state index is 13.4. The molecule has 0 aliphatic heterocycles. The number of hydrogen-bond acceptors (Lipinski definition) is 4. The fourth-order valence-corrected chi connectivity index (χ4v) is 2.77. The van der Waals surface area contributed by atoms with E-state index in [9.17, 15) is 17.2 Å². The quantitative estimate of drug-likeness (QED) is 0.628. The Morgan fingerprint density at radius 1 is 1.35 bits per heavy atom. The van der Waals surface area contributed by atoms with Crippen molar-refractivity contribution in [1.82, 2.24) is 4.72 Å². The predicted molar refractivity (Wildman–Crippen MR) is 64.3 cm³/mol. The molecule has 0 bridgehead atoms. The van der Waals surface area contributed by atoms with E-state index in [0.29, 0.717) is 5.75 Å². The van der Waals surface area contributed by atoms with Crippen molar-refractivity contribution in [2.24, 2.45) is 0 Å². The second-order valence-corrected chi connectivity index (χ2v) is 5.89. The van der Waals surface area contributed by atoms with Crippen LogP contribution in [0.3, 0.4) is 0 Å². The van der Waals surface area contributed by atoms with Gasteiger partial charge in [-0.05, 0) is 18.4 Å². The largest absolute Gasteiger partial charge is 0.399 e. The number of nitrogen functional groups attached to an aromatic ring is 1. The van der Waals surface area contributed by atoms with Crippen LogP contribution in [0.15, 0.2) is 17.0 Å².